The van der Waals surface area contributed by atoms with Gasteiger partial charge in [0.25, 0.3) is 0 Å². The molecule has 124 valence electrons. The second kappa shape index (κ2) is 6.33. The monoisotopic (exact) mass is 329 g/mol. The van der Waals surface area contributed by atoms with Crippen LogP contribution in [0.4, 0.5) is 26.3 Å². The maximum absolute atomic E-state index is 12.4. The second-order valence-corrected chi connectivity index (χ2v) is 4.86. The third-order valence-corrected chi connectivity index (χ3v) is 3.11. The van der Waals surface area contributed by atoms with Crippen LogP contribution in [0.2, 0.25) is 0 Å². The lowest BCUT2D eigenvalue weighted by Gasteiger charge is -2.15. The summed E-state index contributed by atoms with van der Waals surface area (Å²) < 4.78 is 82.1. The van der Waals surface area contributed by atoms with Crippen molar-refractivity contribution in [3.8, 4) is 5.75 Å². The maximum Gasteiger partial charge on any atom is 0.522 e. The molecule has 0 unspecified atom stereocenters. The Kier molecular flexibility index (Phi) is 4.86. The first-order chi connectivity index (χ1) is 10.1. The first-order valence-corrected chi connectivity index (χ1v) is 6.41. The Bertz CT molecular complexity index is 485. The quantitative estimate of drug-likeness (QED) is 0.860. The molecule has 1 aromatic rings. The molecule has 1 aromatic carbocycles. The summed E-state index contributed by atoms with van der Waals surface area (Å²) in [5.41, 5.74) is -0.791. The van der Waals surface area contributed by atoms with Crippen molar-refractivity contribution in [2.24, 2.45) is 0 Å². The fraction of sp³-hybridized carbons (Fsp3) is 0.538. The van der Waals surface area contributed by atoms with E-state index in [1.807, 2.05) is 0 Å². The van der Waals surface area contributed by atoms with Gasteiger partial charge < -0.3 is 10.1 Å². The molecule has 1 aliphatic rings. The molecular formula is C13H13F6NO2. The molecule has 0 saturated carbocycles. The summed E-state index contributed by atoms with van der Waals surface area (Å²) in [6, 6.07) is 3.63. The van der Waals surface area contributed by atoms with Gasteiger partial charge in [-0.25, -0.2) is 0 Å². The molecule has 0 aromatic heterocycles. The zero-order valence-corrected chi connectivity index (χ0v) is 11.2. The summed E-state index contributed by atoms with van der Waals surface area (Å²) in [5.74, 6) is 0.234. The minimum Gasteiger partial charge on any atom is -0.489 e. The maximum atomic E-state index is 12.4. The summed E-state index contributed by atoms with van der Waals surface area (Å²) in [6.45, 7) is -0.233. The highest BCUT2D eigenvalue weighted by molar-refractivity contribution is 5.29. The van der Waals surface area contributed by atoms with Crippen molar-refractivity contribution in [2.45, 2.75) is 31.1 Å². The van der Waals surface area contributed by atoms with Gasteiger partial charge in [0, 0.05) is 19.0 Å². The lowest BCUT2D eigenvalue weighted by Crippen LogP contribution is -2.30. The molecule has 3 nitrogen and oxygen atoms in total. The van der Waals surface area contributed by atoms with Crippen molar-refractivity contribution in [1.29, 1.82) is 0 Å². The lowest BCUT2D eigenvalue weighted by atomic mass is 10.2. The molecule has 0 amide bonds. The highest BCUT2D eigenvalue weighted by Gasteiger charge is 2.34. The van der Waals surface area contributed by atoms with Crippen molar-refractivity contribution in [2.75, 3.05) is 13.2 Å². The molecule has 22 heavy (non-hydrogen) atoms. The minimum absolute atomic E-state index is 0.234. The number of benzene rings is 1. The normalized spacial score (nSPS) is 22.8. The molecule has 1 N–H and O–H groups in total. The largest absolute Gasteiger partial charge is 0.522 e. The Morgan fingerprint density at radius 1 is 1.05 bits per heavy atom. The van der Waals surface area contributed by atoms with Gasteiger partial charge in [-0.2, -0.15) is 13.2 Å². The van der Waals surface area contributed by atoms with E-state index in [4.69, 9.17) is 4.74 Å². The Labute approximate surface area is 122 Å². The van der Waals surface area contributed by atoms with Gasteiger partial charge >= 0.3 is 12.5 Å². The van der Waals surface area contributed by atoms with Crippen LogP contribution in [0.3, 0.4) is 0 Å². The van der Waals surface area contributed by atoms with Crippen molar-refractivity contribution < 1.29 is 35.8 Å². The van der Waals surface area contributed by atoms with E-state index in [1.54, 1.807) is 0 Å². The van der Waals surface area contributed by atoms with Gasteiger partial charge in [-0.15, -0.1) is 13.2 Å². The first-order valence-electron chi connectivity index (χ1n) is 6.41. The molecule has 9 heteroatoms. The molecule has 0 radical (unpaired) electrons. The van der Waals surface area contributed by atoms with Crippen molar-refractivity contribution in [3.05, 3.63) is 29.8 Å². The molecule has 1 aliphatic heterocycles. The van der Waals surface area contributed by atoms with Crippen LogP contribution in [0.25, 0.3) is 0 Å². The molecule has 1 fully saturated rings. The summed E-state index contributed by atoms with van der Waals surface area (Å²) >= 11 is 0. The van der Waals surface area contributed by atoms with Crippen molar-refractivity contribution >= 4 is 0 Å². The highest BCUT2D eigenvalue weighted by atomic mass is 19.4. The Balaban J connectivity index is 1.83. The second-order valence-electron chi connectivity index (χ2n) is 4.86. The molecule has 1 saturated heterocycles. The zero-order valence-electron chi connectivity index (χ0n) is 11.2. The van der Waals surface area contributed by atoms with E-state index < -0.39 is 36.9 Å². The van der Waals surface area contributed by atoms with Crippen LogP contribution < -0.4 is 10.1 Å². The van der Waals surface area contributed by atoms with Crippen LogP contribution in [-0.2, 0) is 10.9 Å². The Hall–Kier alpha value is -1.48. The van der Waals surface area contributed by atoms with Crippen LogP contribution >= 0.6 is 0 Å². The predicted octanol–water partition coefficient (Wildman–Crippen LogP) is 3.35. The van der Waals surface area contributed by atoms with Gasteiger partial charge in [-0.3, -0.25) is 4.74 Å². The standard InChI is InChI=1S/C13H13F6NO2/c14-12(15,16)8-1-3-10(4-2-8)22-11-5-9(20-6-11)7-21-13(17,18)19/h1-4,9,11,20H,5-7H2/t9-,11+/m0/s1. The van der Waals surface area contributed by atoms with Crippen LogP contribution in [0.1, 0.15) is 12.0 Å². The van der Waals surface area contributed by atoms with Gasteiger partial charge in [0.15, 0.2) is 0 Å². The number of hydrogen-bond acceptors (Lipinski definition) is 3. The molecule has 1 heterocycles. The molecule has 0 bridgehead atoms. The number of ether oxygens (including phenoxy) is 2. The van der Waals surface area contributed by atoms with Gasteiger partial charge in [0.1, 0.15) is 11.9 Å². The van der Waals surface area contributed by atoms with Gasteiger partial charge in [-0.05, 0) is 24.3 Å². The number of nitrogens with one attached hydrogen (secondary N) is 1. The summed E-state index contributed by atoms with van der Waals surface area (Å²) in [5, 5.41) is 2.81. The summed E-state index contributed by atoms with van der Waals surface area (Å²) in [6.07, 6.45) is -9.25. The van der Waals surface area contributed by atoms with E-state index in [0.29, 0.717) is 6.54 Å². The molecule has 0 spiro atoms. The smallest absolute Gasteiger partial charge is 0.489 e. The summed E-state index contributed by atoms with van der Waals surface area (Å²) in [7, 11) is 0. The van der Waals surface area contributed by atoms with Crippen LogP contribution in [0, 0.1) is 0 Å². The van der Waals surface area contributed by atoms with E-state index in [9.17, 15) is 26.3 Å². The average Bonchev–Trinajstić information content (AvgIpc) is 2.83. The van der Waals surface area contributed by atoms with E-state index in [-0.39, 0.29) is 12.2 Å². The topological polar surface area (TPSA) is 30.5 Å². The average molecular weight is 329 g/mol. The number of alkyl halides is 6. The molecule has 2 rings (SSSR count). The van der Waals surface area contributed by atoms with Gasteiger partial charge in [-0.1, -0.05) is 0 Å². The summed E-state index contributed by atoms with van der Waals surface area (Å²) in [4.78, 5) is 0. The van der Waals surface area contributed by atoms with E-state index in [2.05, 4.69) is 10.1 Å². The predicted molar refractivity (Wildman–Crippen MR) is 64.3 cm³/mol. The van der Waals surface area contributed by atoms with E-state index in [0.717, 1.165) is 12.1 Å². The third kappa shape index (κ3) is 5.06. The van der Waals surface area contributed by atoms with Crippen LogP contribution in [0.15, 0.2) is 24.3 Å². The van der Waals surface area contributed by atoms with E-state index in [1.165, 1.54) is 12.1 Å². The Morgan fingerprint density at radius 2 is 1.68 bits per heavy atom. The van der Waals surface area contributed by atoms with Crippen LogP contribution in [-0.4, -0.2) is 31.7 Å². The SMILES string of the molecule is FC(F)(F)OC[C@@H]1C[C@@H](Oc2ccc(C(F)(F)F)cc2)CN1. The lowest BCUT2D eigenvalue weighted by molar-refractivity contribution is -0.326. The number of rotatable bonds is 4. The fourth-order valence-corrected chi connectivity index (χ4v) is 2.11. The molecule has 2 atom stereocenters. The minimum atomic E-state index is -4.69. The first kappa shape index (κ1) is 16.9. The number of halogens is 6. The van der Waals surface area contributed by atoms with Crippen molar-refractivity contribution in [1.82, 2.24) is 5.32 Å². The third-order valence-electron chi connectivity index (χ3n) is 3.11. The van der Waals surface area contributed by atoms with Gasteiger partial charge in [0.2, 0.25) is 0 Å². The molecule has 0 aliphatic carbocycles. The van der Waals surface area contributed by atoms with E-state index >= 15 is 0 Å². The van der Waals surface area contributed by atoms with Gasteiger partial charge in [0.05, 0.1) is 12.2 Å². The van der Waals surface area contributed by atoms with Crippen molar-refractivity contribution in [3.63, 3.8) is 0 Å². The van der Waals surface area contributed by atoms with Crippen LogP contribution in [0.5, 0.6) is 5.75 Å². The highest BCUT2D eigenvalue weighted by Crippen LogP contribution is 2.30. The fourth-order valence-electron chi connectivity index (χ4n) is 2.11. The zero-order chi connectivity index (χ0) is 16.4. The number of hydrogen-bond donors (Lipinski definition) is 1. The molecular weight excluding hydrogens is 316 g/mol. The Morgan fingerprint density at radius 3 is 2.23 bits per heavy atom.